The third-order valence-corrected chi connectivity index (χ3v) is 3.00. The number of nitrogens with one attached hydrogen (secondary N) is 1. The van der Waals surface area contributed by atoms with E-state index < -0.39 is 6.10 Å². The summed E-state index contributed by atoms with van der Waals surface area (Å²) in [6.45, 7) is 4.03. The molecule has 1 aliphatic rings. The summed E-state index contributed by atoms with van der Waals surface area (Å²) in [4.78, 5) is 11.5. The molecule has 1 atom stereocenters. The van der Waals surface area contributed by atoms with Crippen LogP contribution in [0, 0.1) is 0 Å². The maximum Gasteiger partial charge on any atom is 0.347 e. The van der Waals surface area contributed by atoms with E-state index in [9.17, 15) is 4.79 Å². The SMILES string of the molecule is CCNCc1ccc(OC)cc1OC1CCOC1=O. The Morgan fingerprint density at radius 3 is 2.95 bits per heavy atom. The second-order valence-corrected chi connectivity index (χ2v) is 4.32. The van der Waals surface area contributed by atoms with Crippen LogP contribution in [-0.2, 0) is 16.1 Å². The van der Waals surface area contributed by atoms with Gasteiger partial charge in [-0.2, -0.15) is 0 Å². The number of methoxy groups -OCH3 is 1. The Labute approximate surface area is 112 Å². The average Bonchev–Trinajstić information content (AvgIpc) is 2.83. The first kappa shape index (κ1) is 13.7. The number of cyclic esters (lactones) is 1. The molecule has 0 bridgehead atoms. The van der Waals surface area contributed by atoms with E-state index in [2.05, 4.69) is 5.32 Å². The average molecular weight is 265 g/mol. The van der Waals surface area contributed by atoms with E-state index in [4.69, 9.17) is 14.2 Å². The predicted molar refractivity (Wildman–Crippen MR) is 70.4 cm³/mol. The van der Waals surface area contributed by atoms with Crippen molar-refractivity contribution < 1.29 is 19.0 Å². The molecular formula is C14H19NO4. The van der Waals surface area contributed by atoms with E-state index in [0.29, 0.717) is 31.1 Å². The molecule has 5 heteroatoms. The minimum atomic E-state index is -0.507. The Balaban J connectivity index is 2.16. The van der Waals surface area contributed by atoms with Crippen LogP contribution < -0.4 is 14.8 Å². The van der Waals surface area contributed by atoms with Gasteiger partial charge in [0.1, 0.15) is 11.5 Å². The monoisotopic (exact) mass is 265 g/mol. The Kier molecular flexibility index (Phi) is 4.63. The van der Waals surface area contributed by atoms with Gasteiger partial charge < -0.3 is 19.5 Å². The maximum absolute atomic E-state index is 11.5. The van der Waals surface area contributed by atoms with E-state index in [1.807, 2.05) is 19.1 Å². The zero-order valence-electron chi connectivity index (χ0n) is 11.3. The Morgan fingerprint density at radius 1 is 1.47 bits per heavy atom. The fourth-order valence-corrected chi connectivity index (χ4v) is 1.91. The predicted octanol–water partition coefficient (Wildman–Crippen LogP) is 1.50. The number of hydrogen-bond acceptors (Lipinski definition) is 5. The summed E-state index contributed by atoms with van der Waals surface area (Å²) in [5, 5.41) is 3.24. The third kappa shape index (κ3) is 3.38. The molecular weight excluding hydrogens is 246 g/mol. The molecule has 1 fully saturated rings. The zero-order valence-corrected chi connectivity index (χ0v) is 11.3. The van der Waals surface area contributed by atoms with E-state index >= 15 is 0 Å². The molecule has 1 aliphatic heterocycles. The third-order valence-electron chi connectivity index (χ3n) is 3.00. The summed E-state index contributed by atoms with van der Waals surface area (Å²) in [7, 11) is 1.60. The Bertz CT molecular complexity index is 447. The van der Waals surface area contributed by atoms with Crippen LogP contribution >= 0.6 is 0 Å². The number of hydrogen-bond donors (Lipinski definition) is 1. The van der Waals surface area contributed by atoms with E-state index in [1.165, 1.54) is 0 Å². The molecule has 0 aliphatic carbocycles. The molecule has 5 nitrogen and oxygen atoms in total. The van der Waals surface area contributed by atoms with Crippen LogP contribution in [0.2, 0.25) is 0 Å². The highest BCUT2D eigenvalue weighted by Gasteiger charge is 2.29. The molecule has 1 unspecified atom stereocenters. The Hall–Kier alpha value is -1.75. The number of benzene rings is 1. The topological polar surface area (TPSA) is 56.8 Å². The molecule has 1 aromatic carbocycles. The highest BCUT2D eigenvalue weighted by molar-refractivity contribution is 5.76. The summed E-state index contributed by atoms with van der Waals surface area (Å²) in [5.74, 6) is 1.09. The molecule has 0 amide bonds. The highest BCUT2D eigenvalue weighted by atomic mass is 16.6. The first-order chi connectivity index (χ1) is 9.24. The summed E-state index contributed by atoms with van der Waals surface area (Å²) in [5.41, 5.74) is 1.00. The molecule has 1 aromatic rings. The van der Waals surface area contributed by atoms with Gasteiger partial charge in [0, 0.05) is 24.6 Å². The second-order valence-electron chi connectivity index (χ2n) is 4.32. The first-order valence-electron chi connectivity index (χ1n) is 6.45. The van der Waals surface area contributed by atoms with Crippen molar-refractivity contribution in [3.63, 3.8) is 0 Å². The number of ether oxygens (including phenoxy) is 3. The summed E-state index contributed by atoms with van der Waals surface area (Å²) < 4.78 is 15.9. The summed E-state index contributed by atoms with van der Waals surface area (Å²) in [6.07, 6.45) is 0.0870. The molecule has 2 rings (SSSR count). The number of esters is 1. The molecule has 104 valence electrons. The van der Waals surface area contributed by atoms with Crippen LogP contribution in [0.3, 0.4) is 0 Å². The lowest BCUT2D eigenvalue weighted by molar-refractivity contribution is -0.143. The van der Waals surface area contributed by atoms with Gasteiger partial charge in [-0.3, -0.25) is 0 Å². The highest BCUT2D eigenvalue weighted by Crippen LogP contribution is 2.27. The van der Waals surface area contributed by atoms with E-state index in [1.54, 1.807) is 13.2 Å². The van der Waals surface area contributed by atoms with Crippen LogP contribution in [0.5, 0.6) is 11.5 Å². The summed E-state index contributed by atoms with van der Waals surface area (Å²) >= 11 is 0. The van der Waals surface area contributed by atoms with Gasteiger partial charge in [-0.15, -0.1) is 0 Å². The molecule has 0 saturated carbocycles. The normalized spacial score (nSPS) is 18.2. The minimum absolute atomic E-state index is 0.294. The van der Waals surface area contributed by atoms with Gasteiger partial charge in [0.25, 0.3) is 0 Å². The molecule has 0 radical (unpaired) electrons. The van der Waals surface area contributed by atoms with Crippen molar-refractivity contribution in [1.82, 2.24) is 5.32 Å². The van der Waals surface area contributed by atoms with Crippen molar-refractivity contribution in [2.45, 2.75) is 26.0 Å². The Morgan fingerprint density at radius 2 is 2.32 bits per heavy atom. The van der Waals surface area contributed by atoms with Crippen LogP contribution in [0.25, 0.3) is 0 Å². The smallest absolute Gasteiger partial charge is 0.347 e. The van der Waals surface area contributed by atoms with Crippen LogP contribution in [0.15, 0.2) is 18.2 Å². The zero-order chi connectivity index (χ0) is 13.7. The van der Waals surface area contributed by atoms with Gasteiger partial charge in [0.15, 0.2) is 6.10 Å². The fourth-order valence-electron chi connectivity index (χ4n) is 1.91. The van der Waals surface area contributed by atoms with E-state index in [0.717, 1.165) is 12.1 Å². The number of carbonyl (C=O) groups excluding carboxylic acids is 1. The van der Waals surface area contributed by atoms with Crippen molar-refractivity contribution in [3.05, 3.63) is 23.8 Å². The van der Waals surface area contributed by atoms with Gasteiger partial charge in [-0.25, -0.2) is 4.79 Å². The maximum atomic E-state index is 11.5. The molecule has 1 N–H and O–H groups in total. The van der Waals surface area contributed by atoms with Gasteiger partial charge >= 0.3 is 5.97 Å². The van der Waals surface area contributed by atoms with Crippen molar-refractivity contribution in [3.8, 4) is 11.5 Å². The fraction of sp³-hybridized carbons (Fsp3) is 0.500. The first-order valence-corrected chi connectivity index (χ1v) is 6.45. The molecule has 19 heavy (non-hydrogen) atoms. The van der Waals surface area contributed by atoms with Gasteiger partial charge in [-0.1, -0.05) is 13.0 Å². The summed E-state index contributed by atoms with van der Waals surface area (Å²) in [6, 6.07) is 5.63. The minimum Gasteiger partial charge on any atom is -0.497 e. The van der Waals surface area contributed by atoms with Crippen molar-refractivity contribution >= 4 is 5.97 Å². The van der Waals surface area contributed by atoms with Crippen molar-refractivity contribution in [2.24, 2.45) is 0 Å². The van der Waals surface area contributed by atoms with Gasteiger partial charge in [-0.05, 0) is 12.6 Å². The molecule has 1 saturated heterocycles. The standard InChI is InChI=1S/C14H19NO4/c1-3-15-9-10-4-5-11(17-2)8-13(10)19-12-6-7-18-14(12)16/h4-5,8,12,15H,3,6-7,9H2,1-2H3. The largest absolute Gasteiger partial charge is 0.497 e. The van der Waals surface area contributed by atoms with Crippen molar-refractivity contribution in [2.75, 3.05) is 20.3 Å². The lowest BCUT2D eigenvalue weighted by Gasteiger charge is -2.15. The van der Waals surface area contributed by atoms with Crippen molar-refractivity contribution in [1.29, 1.82) is 0 Å². The van der Waals surface area contributed by atoms with Crippen LogP contribution in [0.1, 0.15) is 18.9 Å². The van der Waals surface area contributed by atoms with Crippen LogP contribution in [0.4, 0.5) is 0 Å². The van der Waals surface area contributed by atoms with E-state index in [-0.39, 0.29) is 5.97 Å². The number of carbonyl (C=O) groups is 1. The molecule has 0 spiro atoms. The quantitative estimate of drug-likeness (QED) is 0.790. The number of rotatable bonds is 6. The van der Waals surface area contributed by atoms with Crippen LogP contribution in [-0.4, -0.2) is 32.3 Å². The lowest BCUT2D eigenvalue weighted by atomic mass is 10.2. The molecule has 0 aromatic heterocycles. The lowest BCUT2D eigenvalue weighted by Crippen LogP contribution is -2.23. The van der Waals surface area contributed by atoms with Gasteiger partial charge in [0.05, 0.1) is 13.7 Å². The van der Waals surface area contributed by atoms with Gasteiger partial charge in [0.2, 0.25) is 0 Å². The molecule has 1 heterocycles. The second kappa shape index (κ2) is 6.43.